The molecule has 7 heteroatoms. The molecule has 2 aromatic rings. The van der Waals surface area contributed by atoms with Crippen LogP contribution in [0.1, 0.15) is 30.9 Å². The predicted octanol–water partition coefficient (Wildman–Crippen LogP) is 3.26. The molecule has 0 aromatic heterocycles. The van der Waals surface area contributed by atoms with E-state index in [4.69, 9.17) is 9.47 Å². The lowest BCUT2D eigenvalue weighted by Crippen LogP contribution is -2.48. The van der Waals surface area contributed by atoms with Crippen LogP contribution in [0.4, 0.5) is 0 Å². The van der Waals surface area contributed by atoms with E-state index in [1.54, 1.807) is 16.4 Å². The van der Waals surface area contributed by atoms with Gasteiger partial charge in [-0.3, -0.25) is 4.90 Å². The van der Waals surface area contributed by atoms with Gasteiger partial charge >= 0.3 is 0 Å². The molecule has 1 fully saturated rings. The number of unbranched alkanes of at least 4 members (excludes halogenated alkanes) is 1. The van der Waals surface area contributed by atoms with Crippen molar-refractivity contribution in [3.05, 3.63) is 53.6 Å². The molecule has 0 radical (unpaired) electrons. The number of fused-ring (bicyclic) bond motifs is 1. The largest absolute Gasteiger partial charge is 0.454 e. The number of piperazine rings is 1. The van der Waals surface area contributed by atoms with Gasteiger partial charge in [0.2, 0.25) is 16.8 Å². The van der Waals surface area contributed by atoms with Gasteiger partial charge in [-0.15, -0.1) is 0 Å². The minimum atomic E-state index is -3.43. The van der Waals surface area contributed by atoms with Crippen molar-refractivity contribution in [1.82, 2.24) is 9.21 Å². The first-order valence-electron chi connectivity index (χ1n) is 10.3. The molecule has 29 heavy (non-hydrogen) atoms. The van der Waals surface area contributed by atoms with E-state index < -0.39 is 10.0 Å². The second kappa shape index (κ2) is 8.73. The molecule has 0 saturated carbocycles. The SMILES string of the molecule is CCCCc1ccc(S(=O)(=O)N2CCN(Cc3ccc4c(c3)OCO4)CC2)cc1. The zero-order valence-electron chi connectivity index (χ0n) is 16.8. The van der Waals surface area contributed by atoms with Crippen LogP contribution < -0.4 is 9.47 Å². The van der Waals surface area contributed by atoms with Crippen LogP contribution in [0.5, 0.6) is 11.5 Å². The third kappa shape index (κ3) is 4.57. The van der Waals surface area contributed by atoms with E-state index in [0.717, 1.165) is 42.9 Å². The van der Waals surface area contributed by atoms with E-state index >= 15 is 0 Å². The second-order valence-electron chi connectivity index (χ2n) is 7.62. The summed E-state index contributed by atoms with van der Waals surface area (Å²) in [6, 6.07) is 13.4. The van der Waals surface area contributed by atoms with Crippen molar-refractivity contribution in [2.45, 2.75) is 37.6 Å². The summed E-state index contributed by atoms with van der Waals surface area (Å²) in [4.78, 5) is 2.67. The van der Waals surface area contributed by atoms with Gasteiger partial charge in [-0.2, -0.15) is 4.31 Å². The zero-order valence-corrected chi connectivity index (χ0v) is 17.7. The quantitative estimate of drug-likeness (QED) is 0.693. The van der Waals surface area contributed by atoms with Gasteiger partial charge in [-0.05, 0) is 48.2 Å². The Kier molecular flexibility index (Phi) is 6.08. The highest BCUT2D eigenvalue weighted by Gasteiger charge is 2.28. The normalized spacial score (nSPS) is 17.6. The summed E-state index contributed by atoms with van der Waals surface area (Å²) in [5, 5.41) is 0. The van der Waals surface area contributed by atoms with Gasteiger partial charge in [-0.1, -0.05) is 31.5 Å². The molecule has 0 bridgehead atoms. The van der Waals surface area contributed by atoms with Crippen molar-refractivity contribution in [3.8, 4) is 11.5 Å². The lowest BCUT2D eigenvalue weighted by atomic mass is 10.1. The van der Waals surface area contributed by atoms with Crippen LogP contribution in [-0.2, 0) is 23.0 Å². The molecule has 2 aliphatic rings. The van der Waals surface area contributed by atoms with Crippen LogP contribution in [0, 0.1) is 0 Å². The molecular weight excluding hydrogens is 388 g/mol. The number of rotatable bonds is 7. The van der Waals surface area contributed by atoms with Crippen LogP contribution in [0.25, 0.3) is 0 Å². The highest BCUT2D eigenvalue weighted by Crippen LogP contribution is 2.33. The van der Waals surface area contributed by atoms with Gasteiger partial charge in [-0.25, -0.2) is 8.42 Å². The smallest absolute Gasteiger partial charge is 0.243 e. The summed E-state index contributed by atoms with van der Waals surface area (Å²) in [5.41, 5.74) is 2.34. The minimum absolute atomic E-state index is 0.273. The maximum absolute atomic E-state index is 13.0. The Hall–Kier alpha value is -2.09. The number of benzene rings is 2. The summed E-state index contributed by atoms with van der Waals surface area (Å²) in [7, 11) is -3.43. The van der Waals surface area contributed by atoms with E-state index in [0.29, 0.717) is 31.1 Å². The third-order valence-electron chi connectivity index (χ3n) is 5.55. The van der Waals surface area contributed by atoms with E-state index in [9.17, 15) is 8.42 Å². The van der Waals surface area contributed by atoms with Gasteiger partial charge in [0.1, 0.15) is 0 Å². The molecule has 0 aliphatic carbocycles. The maximum atomic E-state index is 13.0. The number of aryl methyl sites for hydroxylation is 1. The Bertz CT molecular complexity index is 936. The van der Waals surface area contributed by atoms with Crippen molar-refractivity contribution >= 4 is 10.0 Å². The van der Waals surface area contributed by atoms with Gasteiger partial charge in [0.25, 0.3) is 0 Å². The summed E-state index contributed by atoms with van der Waals surface area (Å²) in [6.45, 7) is 5.63. The molecule has 6 nitrogen and oxygen atoms in total. The molecule has 0 amide bonds. The van der Waals surface area contributed by atoms with E-state index in [-0.39, 0.29) is 6.79 Å². The number of sulfonamides is 1. The summed E-state index contributed by atoms with van der Waals surface area (Å²) in [6.07, 6.45) is 3.25. The van der Waals surface area contributed by atoms with Gasteiger partial charge in [0.05, 0.1) is 4.90 Å². The molecule has 1 saturated heterocycles. The Morgan fingerprint density at radius 2 is 1.59 bits per heavy atom. The number of nitrogens with zero attached hydrogens (tertiary/aromatic N) is 2. The monoisotopic (exact) mass is 416 g/mol. The summed E-state index contributed by atoms with van der Waals surface area (Å²) < 4.78 is 38.4. The molecule has 156 valence electrons. The minimum Gasteiger partial charge on any atom is -0.454 e. The molecule has 4 rings (SSSR count). The predicted molar refractivity (Wildman–Crippen MR) is 112 cm³/mol. The fourth-order valence-corrected chi connectivity index (χ4v) is 5.21. The van der Waals surface area contributed by atoms with Crippen LogP contribution in [0.2, 0.25) is 0 Å². The van der Waals surface area contributed by atoms with E-state index in [1.807, 2.05) is 30.3 Å². The summed E-state index contributed by atoms with van der Waals surface area (Å²) >= 11 is 0. The zero-order chi connectivity index (χ0) is 20.3. The third-order valence-corrected chi connectivity index (χ3v) is 7.47. The molecule has 0 unspecified atom stereocenters. The van der Waals surface area contributed by atoms with Crippen molar-refractivity contribution in [1.29, 1.82) is 0 Å². The Balaban J connectivity index is 1.34. The second-order valence-corrected chi connectivity index (χ2v) is 9.55. The van der Waals surface area contributed by atoms with E-state index in [1.165, 1.54) is 5.56 Å². The Morgan fingerprint density at radius 3 is 2.31 bits per heavy atom. The highest BCUT2D eigenvalue weighted by atomic mass is 32.2. The summed E-state index contributed by atoms with van der Waals surface area (Å²) in [5.74, 6) is 1.57. The first-order chi connectivity index (χ1) is 14.1. The number of hydrogen-bond donors (Lipinski definition) is 0. The molecule has 2 heterocycles. The number of hydrogen-bond acceptors (Lipinski definition) is 5. The standard InChI is InChI=1S/C22H28N2O4S/c1-2-3-4-18-5-8-20(9-6-18)29(25,26)24-13-11-23(12-14-24)16-19-7-10-21-22(15-19)28-17-27-21/h5-10,15H,2-4,11-14,16-17H2,1H3. The fourth-order valence-electron chi connectivity index (χ4n) is 3.78. The van der Waals surface area contributed by atoms with Crippen molar-refractivity contribution < 1.29 is 17.9 Å². The average Bonchev–Trinajstić information content (AvgIpc) is 3.21. The lowest BCUT2D eigenvalue weighted by Gasteiger charge is -2.34. The first-order valence-corrected chi connectivity index (χ1v) is 11.7. The Labute approximate surface area is 173 Å². The van der Waals surface area contributed by atoms with Crippen LogP contribution in [0.3, 0.4) is 0 Å². The van der Waals surface area contributed by atoms with Gasteiger partial charge < -0.3 is 9.47 Å². The molecule has 0 spiro atoms. The molecule has 2 aliphatic heterocycles. The molecule has 0 atom stereocenters. The highest BCUT2D eigenvalue weighted by molar-refractivity contribution is 7.89. The maximum Gasteiger partial charge on any atom is 0.243 e. The fraction of sp³-hybridized carbons (Fsp3) is 0.455. The van der Waals surface area contributed by atoms with Crippen LogP contribution in [0.15, 0.2) is 47.4 Å². The lowest BCUT2D eigenvalue weighted by molar-refractivity contribution is 0.173. The van der Waals surface area contributed by atoms with Crippen LogP contribution >= 0.6 is 0 Å². The van der Waals surface area contributed by atoms with Crippen molar-refractivity contribution in [3.63, 3.8) is 0 Å². The van der Waals surface area contributed by atoms with Crippen molar-refractivity contribution in [2.24, 2.45) is 0 Å². The average molecular weight is 417 g/mol. The first kappa shape index (κ1) is 20.2. The molecule has 2 aromatic carbocycles. The topological polar surface area (TPSA) is 59.1 Å². The van der Waals surface area contributed by atoms with Crippen LogP contribution in [-0.4, -0.2) is 50.6 Å². The Morgan fingerprint density at radius 1 is 0.897 bits per heavy atom. The molecule has 0 N–H and O–H groups in total. The number of ether oxygens (including phenoxy) is 2. The van der Waals surface area contributed by atoms with Gasteiger partial charge in [0.15, 0.2) is 11.5 Å². The van der Waals surface area contributed by atoms with Crippen molar-refractivity contribution in [2.75, 3.05) is 33.0 Å². The molecular formula is C22H28N2O4S. The van der Waals surface area contributed by atoms with Gasteiger partial charge in [0, 0.05) is 32.7 Å². The van der Waals surface area contributed by atoms with E-state index in [2.05, 4.69) is 11.8 Å².